The molecule has 1 unspecified atom stereocenters. The first-order chi connectivity index (χ1) is 15.0. The minimum atomic E-state index is -0.292. The summed E-state index contributed by atoms with van der Waals surface area (Å²) in [5, 5.41) is 10.2. The number of nitrogens with one attached hydrogen (secondary N) is 2. The zero-order chi connectivity index (χ0) is 22.0. The molecule has 2 aromatic carbocycles. The fourth-order valence-electron chi connectivity index (χ4n) is 3.99. The van der Waals surface area contributed by atoms with Crippen molar-refractivity contribution in [3.05, 3.63) is 71.2 Å². The maximum Gasteiger partial charge on any atom is 0.227 e. The standard InChI is InChI=1S/C24H25FN4O2/c1-15(17-8-9-18(20(25)14-17)16-6-4-3-5-7-16)23-19(10-11-21(30)26-2)24-27-22(31)12-13-29(24)28-23/h3-9,14-15H,10-13H2,1-2H3,(H,26,30)(H,27,31). The summed E-state index contributed by atoms with van der Waals surface area (Å²) in [7, 11) is 1.60. The predicted molar refractivity (Wildman–Crippen MR) is 117 cm³/mol. The molecule has 160 valence electrons. The summed E-state index contributed by atoms with van der Waals surface area (Å²) in [6.07, 6.45) is 1.09. The fraction of sp³-hybridized carbons (Fsp3) is 0.292. The molecule has 0 saturated carbocycles. The number of aromatic nitrogens is 2. The highest BCUT2D eigenvalue weighted by Gasteiger charge is 2.27. The van der Waals surface area contributed by atoms with E-state index in [0.29, 0.717) is 30.8 Å². The summed E-state index contributed by atoms with van der Waals surface area (Å²) in [6.45, 7) is 2.46. The molecular weight excluding hydrogens is 395 g/mol. The van der Waals surface area contributed by atoms with E-state index in [1.807, 2.05) is 43.3 Å². The highest BCUT2D eigenvalue weighted by atomic mass is 19.1. The number of halogens is 1. The van der Waals surface area contributed by atoms with Crippen molar-refractivity contribution >= 4 is 17.6 Å². The Labute approximate surface area is 180 Å². The number of carbonyl (C=O) groups is 2. The maximum absolute atomic E-state index is 15.0. The second kappa shape index (κ2) is 8.71. The van der Waals surface area contributed by atoms with Crippen LogP contribution in [0.4, 0.5) is 10.2 Å². The van der Waals surface area contributed by atoms with Crippen LogP contribution in [-0.2, 0) is 22.6 Å². The van der Waals surface area contributed by atoms with Crippen molar-refractivity contribution < 1.29 is 14.0 Å². The first-order valence-corrected chi connectivity index (χ1v) is 10.4. The molecule has 1 aliphatic heterocycles. The van der Waals surface area contributed by atoms with Crippen molar-refractivity contribution in [2.75, 3.05) is 12.4 Å². The van der Waals surface area contributed by atoms with Crippen LogP contribution in [-0.4, -0.2) is 28.6 Å². The lowest BCUT2D eigenvalue weighted by Gasteiger charge is -2.16. The SMILES string of the molecule is CNC(=O)CCc1c(C(C)c2ccc(-c3ccccc3)c(F)c2)nn2c1NC(=O)CC2. The van der Waals surface area contributed by atoms with E-state index in [4.69, 9.17) is 5.10 Å². The number of hydrogen-bond acceptors (Lipinski definition) is 3. The summed E-state index contributed by atoms with van der Waals surface area (Å²) in [4.78, 5) is 23.8. The maximum atomic E-state index is 15.0. The average molecular weight is 420 g/mol. The van der Waals surface area contributed by atoms with Gasteiger partial charge >= 0.3 is 0 Å². The summed E-state index contributed by atoms with van der Waals surface area (Å²) in [6, 6.07) is 14.7. The van der Waals surface area contributed by atoms with E-state index in [2.05, 4.69) is 10.6 Å². The Morgan fingerprint density at radius 3 is 2.74 bits per heavy atom. The van der Waals surface area contributed by atoms with Gasteiger partial charge < -0.3 is 10.6 Å². The number of amides is 2. The zero-order valence-corrected chi connectivity index (χ0v) is 17.6. The number of carbonyl (C=O) groups excluding carboxylic acids is 2. The zero-order valence-electron chi connectivity index (χ0n) is 17.6. The molecule has 2 amide bonds. The Kier molecular flexibility index (Phi) is 5.84. The van der Waals surface area contributed by atoms with Crippen LogP contribution in [0.25, 0.3) is 11.1 Å². The Morgan fingerprint density at radius 1 is 1.26 bits per heavy atom. The molecule has 1 aromatic heterocycles. The molecule has 4 rings (SSSR count). The van der Waals surface area contributed by atoms with E-state index in [1.165, 1.54) is 0 Å². The van der Waals surface area contributed by atoms with E-state index >= 15 is 0 Å². The van der Waals surface area contributed by atoms with Crippen LogP contribution in [0.5, 0.6) is 0 Å². The summed E-state index contributed by atoms with van der Waals surface area (Å²) in [5.41, 5.74) is 3.75. The van der Waals surface area contributed by atoms with Crippen molar-refractivity contribution in [3.8, 4) is 11.1 Å². The fourth-order valence-corrected chi connectivity index (χ4v) is 3.99. The third-order valence-corrected chi connectivity index (χ3v) is 5.76. The molecule has 31 heavy (non-hydrogen) atoms. The summed E-state index contributed by atoms with van der Waals surface area (Å²) < 4.78 is 16.7. The topological polar surface area (TPSA) is 76.0 Å². The predicted octanol–water partition coefficient (Wildman–Crippen LogP) is 3.86. The largest absolute Gasteiger partial charge is 0.359 e. The van der Waals surface area contributed by atoms with Gasteiger partial charge in [-0.05, 0) is 23.6 Å². The third kappa shape index (κ3) is 4.21. The van der Waals surface area contributed by atoms with Gasteiger partial charge in [-0.25, -0.2) is 9.07 Å². The number of benzene rings is 2. The van der Waals surface area contributed by atoms with Gasteiger partial charge in [0.25, 0.3) is 0 Å². The first kappa shape index (κ1) is 20.8. The third-order valence-electron chi connectivity index (χ3n) is 5.76. The smallest absolute Gasteiger partial charge is 0.227 e. The lowest BCUT2D eigenvalue weighted by Crippen LogP contribution is -2.24. The van der Waals surface area contributed by atoms with Gasteiger partial charge in [0.1, 0.15) is 11.6 Å². The molecule has 1 atom stereocenters. The molecule has 7 heteroatoms. The normalized spacial score (nSPS) is 14.0. The van der Waals surface area contributed by atoms with Crippen LogP contribution in [0.15, 0.2) is 48.5 Å². The van der Waals surface area contributed by atoms with Gasteiger partial charge in [0.05, 0.1) is 12.2 Å². The number of anilines is 1. The highest BCUT2D eigenvalue weighted by Crippen LogP contribution is 2.34. The van der Waals surface area contributed by atoms with Gasteiger partial charge in [0.15, 0.2) is 0 Å². The van der Waals surface area contributed by atoms with Gasteiger partial charge in [0, 0.05) is 36.9 Å². The van der Waals surface area contributed by atoms with E-state index in [0.717, 1.165) is 22.4 Å². The lowest BCUT2D eigenvalue weighted by molar-refractivity contribution is -0.120. The molecule has 2 heterocycles. The molecule has 0 radical (unpaired) electrons. The van der Waals surface area contributed by atoms with Crippen molar-refractivity contribution in [1.82, 2.24) is 15.1 Å². The molecule has 0 bridgehead atoms. The van der Waals surface area contributed by atoms with Crippen LogP contribution in [0.1, 0.15) is 42.5 Å². The van der Waals surface area contributed by atoms with E-state index in [1.54, 1.807) is 23.9 Å². The number of fused-ring (bicyclic) bond motifs is 1. The van der Waals surface area contributed by atoms with Gasteiger partial charge in [-0.3, -0.25) is 9.59 Å². The summed E-state index contributed by atoms with van der Waals surface area (Å²) >= 11 is 0. The van der Waals surface area contributed by atoms with Crippen LogP contribution in [0, 0.1) is 5.82 Å². The number of nitrogens with zero attached hydrogens (tertiary/aromatic N) is 2. The van der Waals surface area contributed by atoms with Crippen LogP contribution >= 0.6 is 0 Å². The number of hydrogen-bond donors (Lipinski definition) is 2. The Bertz CT molecular complexity index is 1120. The molecule has 6 nitrogen and oxygen atoms in total. The van der Waals surface area contributed by atoms with Gasteiger partial charge in [0.2, 0.25) is 11.8 Å². The summed E-state index contributed by atoms with van der Waals surface area (Å²) in [5.74, 6) is 0.00197. The van der Waals surface area contributed by atoms with Crippen molar-refractivity contribution in [2.24, 2.45) is 0 Å². The Morgan fingerprint density at radius 2 is 2.03 bits per heavy atom. The molecule has 1 aliphatic rings. The second-order valence-electron chi connectivity index (χ2n) is 7.73. The molecule has 3 aromatic rings. The van der Waals surface area contributed by atoms with Crippen molar-refractivity contribution in [1.29, 1.82) is 0 Å². The molecule has 0 aliphatic carbocycles. The highest BCUT2D eigenvalue weighted by molar-refractivity contribution is 5.92. The molecular formula is C24H25FN4O2. The monoisotopic (exact) mass is 420 g/mol. The molecule has 0 fully saturated rings. The lowest BCUT2D eigenvalue weighted by atomic mass is 9.91. The van der Waals surface area contributed by atoms with E-state index in [9.17, 15) is 14.0 Å². The van der Waals surface area contributed by atoms with Gasteiger partial charge in [-0.1, -0.05) is 49.4 Å². The molecule has 0 saturated heterocycles. The van der Waals surface area contributed by atoms with Crippen molar-refractivity contribution in [3.63, 3.8) is 0 Å². The van der Waals surface area contributed by atoms with E-state index in [-0.39, 0.29) is 30.0 Å². The number of aryl methyl sites for hydroxylation is 1. The van der Waals surface area contributed by atoms with Crippen LogP contribution < -0.4 is 10.6 Å². The molecule has 2 N–H and O–H groups in total. The Hall–Kier alpha value is -3.48. The van der Waals surface area contributed by atoms with E-state index < -0.39 is 0 Å². The number of rotatable bonds is 6. The average Bonchev–Trinajstić information content (AvgIpc) is 3.15. The van der Waals surface area contributed by atoms with Gasteiger partial charge in [-0.2, -0.15) is 5.10 Å². The second-order valence-corrected chi connectivity index (χ2v) is 7.73. The minimum Gasteiger partial charge on any atom is -0.359 e. The van der Waals surface area contributed by atoms with Crippen LogP contribution in [0.3, 0.4) is 0 Å². The first-order valence-electron chi connectivity index (χ1n) is 10.4. The van der Waals surface area contributed by atoms with Gasteiger partial charge in [-0.15, -0.1) is 0 Å². The van der Waals surface area contributed by atoms with Crippen molar-refractivity contribution in [2.45, 2.75) is 38.6 Å². The Balaban J connectivity index is 1.69. The minimum absolute atomic E-state index is 0.0638. The quantitative estimate of drug-likeness (QED) is 0.636. The van der Waals surface area contributed by atoms with Crippen LogP contribution in [0.2, 0.25) is 0 Å². The molecule has 0 spiro atoms.